The zero-order chi connectivity index (χ0) is 21.4. The molecule has 1 aromatic heterocycles. The minimum Gasteiger partial charge on any atom is -0.393 e. The molecule has 2 rings (SSSR count). The molecule has 0 aliphatic heterocycles. The van der Waals surface area contributed by atoms with Crippen molar-refractivity contribution in [3.63, 3.8) is 0 Å². The molecule has 1 aliphatic rings. The average Bonchev–Trinajstić information content (AvgIpc) is 3.11. The van der Waals surface area contributed by atoms with Gasteiger partial charge >= 0.3 is 0 Å². The quantitative estimate of drug-likeness (QED) is 0.246. The maximum absolute atomic E-state index is 10.7. The molecule has 0 saturated heterocycles. The number of hydrogen-bond donors (Lipinski definition) is 4. The first-order chi connectivity index (χ1) is 13.8. The smallest absolute Gasteiger partial charge is 0.217 e. The summed E-state index contributed by atoms with van der Waals surface area (Å²) >= 11 is 8.60. The van der Waals surface area contributed by atoms with Crippen LogP contribution in [0.25, 0.3) is 0 Å². The van der Waals surface area contributed by atoms with Gasteiger partial charge in [-0.05, 0) is 81.5 Å². The molecule has 29 heavy (non-hydrogen) atoms. The number of primary amides is 1. The number of hydrogen-bond acceptors (Lipinski definition) is 5. The Hall–Kier alpha value is -0.510. The number of aliphatic hydroxyl groups is 3. The lowest BCUT2D eigenvalue weighted by atomic mass is 9.89. The molecule has 1 amide bonds. The first-order valence-electron chi connectivity index (χ1n) is 9.87. The summed E-state index contributed by atoms with van der Waals surface area (Å²) in [5, 5.41) is 30.9. The van der Waals surface area contributed by atoms with Crippen LogP contribution in [0.1, 0.15) is 44.1 Å². The van der Waals surface area contributed by atoms with Gasteiger partial charge in [-0.3, -0.25) is 4.79 Å². The van der Waals surface area contributed by atoms with E-state index in [1.807, 2.05) is 24.3 Å². The largest absolute Gasteiger partial charge is 0.393 e. The Bertz CT molecular complexity index is 722. The van der Waals surface area contributed by atoms with Gasteiger partial charge in [0.25, 0.3) is 0 Å². The Labute approximate surface area is 193 Å². The van der Waals surface area contributed by atoms with Gasteiger partial charge in [-0.2, -0.15) is 0 Å². The van der Waals surface area contributed by atoms with E-state index in [0.29, 0.717) is 32.1 Å². The van der Waals surface area contributed by atoms with E-state index in [9.17, 15) is 20.1 Å². The second-order valence-electron chi connectivity index (χ2n) is 7.52. The Morgan fingerprint density at radius 2 is 2.07 bits per heavy atom. The molecule has 1 fully saturated rings. The van der Waals surface area contributed by atoms with Gasteiger partial charge < -0.3 is 21.1 Å². The first kappa shape index (κ1) is 24.8. The van der Waals surface area contributed by atoms with Crippen molar-refractivity contribution in [1.82, 2.24) is 0 Å². The minimum atomic E-state index is -0.608. The highest BCUT2D eigenvalue weighted by Crippen LogP contribution is 2.36. The highest BCUT2D eigenvalue weighted by Gasteiger charge is 2.39. The summed E-state index contributed by atoms with van der Waals surface area (Å²) in [6, 6.07) is 2.05. The topological polar surface area (TPSA) is 104 Å². The summed E-state index contributed by atoms with van der Waals surface area (Å²) in [6.07, 6.45) is 10.0. The molecule has 0 spiro atoms. The number of halogens is 2. The second kappa shape index (κ2) is 12.4. The second-order valence-corrected chi connectivity index (χ2v) is 11.3. The molecule has 5 N–H and O–H groups in total. The van der Waals surface area contributed by atoms with Gasteiger partial charge in [0.05, 0.1) is 25.9 Å². The number of thiophene rings is 1. The molecule has 1 aromatic rings. The van der Waals surface area contributed by atoms with E-state index in [-0.39, 0.29) is 17.7 Å². The van der Waals surface area contributed by atoms with E-state index >= 15 is 0 Å². The number of unbranched alkanes of at least 4 members (excludes halogenated alkanes) is 1. The monoisotopic (exact) mass is 549 g/mol. The Balaban J connectivity index is 1.84. The molecule has 5 nitrogen and oxygen atoms in total. The van der Waals surface area contributed by atoms with Gasteiger partial charge in [0.15, 0.2) is 0 Å². The third-order valence-electron chi connectivity index (χ3n) is 5.28. The van der Waals surface area contributed by atoms with Crippen molar-refractivity contribution in [3.05, 3.63) is 43.5 Å². The molecule has 1 aliphatic carbocycles. The van der Waals surface area contributed by atoms with Crippen LogP contribution in [-0.4, -0.2) is 39.5 Å². The number of aryl methyl sites for hydroxylation is 1. The minimum absolute atomic E-state index is 0.0807. The van der Waals surface area contributed by atoms with Crippen LogP contribution in [0.4, 0.5) is 0 Å². The van der Waals surface area contributed by atoms with Crippen LogP contribution in [0.2, 0.25) is 0 Å². The number of carbonyl (C=O) groups excluding carboxylic acids is 1. The molecule has 0 radical (unpaired) electrons. The number of aliphatic hydroxyl groups excluding tert-OH is 3. The van der Waals surface area contributed by atoms with Gasteiger partial charge in [0.1, 0.15) is 0 Å². The molecule has 0 aromatic carbocycles. The molecule has 0 unspecified atom stereocenters. The third-order valence-corrected chi connectivity index (χ3v) is 7.74. The summed E-state index contributed by atoms with van der Waals surface area (Å²) < 4.78 is 2.12. The maximum atomic E-state index is 10.7. The fraction of sp³-hybridized carbons (Fsp3) is 0.571. The lowest BCUT2D eigenvalue weighted by Crippen LogP contribution is -2.20. The highest BCUT2D eigenvalue weighted by atomic mass is 79.9. The molecular formula is C21H29Br2NO4S. The van der Waals surface area contributed by atoms with Gasteiger partial charge in [-0.1, -0.05) is 24.3 Å². The van der Waals surface area contributed by atoms with E-state index in [4.69, 9.17) is 5.73 Å². The molecular weight excluding hydrogens is 522 g/mol. The SMILES string of the molecule is NC(=O)CCC/C=C\C[C@@H]1[C@@H](/C=C/[C@@H](O)CCc2cc(Br)sc2Br)[C@H](O)C[C@@H]1O. The van der Waals surface area contributed by atoms with Crippen LogP contribution < -0.4 is 5.73 Å². The van der Waals surface area contributed by atoms with Gasteiger partial charge in [-0.25, -0.2) is 0 Å². The average molecular weight is 551 g/mol. The number of amides is 1. The van der Waals surface area contributed by atoms with E-state index in [0.717, 1.165) is 26.0 Å². The molecule has 8 heteroatoms. The zero-order valence-electron chi connectivity index (χ0n) is 16.2. The number of allylic oxidation sites excluding steroid dienone is 2. The summed E-state index contributed by atoms with van der Waals surface area (Å²) in [6.45, 7) is 0. The Morgan fingerprint density at radius 1 is 1.31 bits per heavy atom. The maximum Gasteiger partial charge on any atom is 0.217 e. The first-order valence-corrected chi connectivity index (χ1v) is 12.3. The molecule has 1 heterocycles. The number of carbonyl (C=O) groups is 1. The molecule has 0 bridgehead atoms. The molecule has 1 saturated carbocycles. The van der Waals surface area contributed by atoms with Crippen LogP contribution in [0.15, 0.2) is 37.9 Å². The van der Waals surface area contributed by atoms with E-state index < -0.39 is 18.3 Å². The fourth-order valence-corrected chi connectivity index (χ4v) is 6.59. The number of rotatable bonds is 11. The van der Waals surface area contributed by atoms with Gasteiger partial charge in [0.2, 0.25) is 5.91 Å². The predicted octanol–water partition coefficient (Wildman–Crippen LogP) is 4.08. The predicted molar refractivity (Wildman–Crippen MR) is 124 cm³/mol. The van der Waals surface area contributed by atoms with Crippen LogP contribution in [-0.2, 0) is 11.2 Å². The lowest BCUT2D eigenvalue weighted by Gasteiger charge is -2.19. The Morgan fingerprint density at radius 3 is 2.72 bits per heavy atom. The van der Waals surface area contributed by atoms with Gasteiger partial charge in [0, 0.05) is 18.8 Å². The summed E-state index contributed by atoms with van der Waals surface area (Å²) in [5.41, 5.74) is 6.28. The highest BCUT2D eigenvalue weighted by molar-refractivity contribution is 9.12. The van der Waals surface area contributed by atoms with Crippen molar-refractivity contribution in [2.24, 2.45) is 17.6 Å². The lowest BCUT2D eigenvalue weighted by molar-refractivity contribution is -0.118. The fourth-order valence-electron chi connectivity index (χ4n) is 3.67. The number of nitrogens with two attached hydrogens (primary N) is 1. The Kier molecular flexibility index (Phi) is 10.6. The van der Waals surface area contributed by atoms with Crippen LogP contribution in [0.3, 0.4) is 0 Å². The zero-order valence-corrected chi connectivity index (χ0v) is 20.2. The van der Waals surface area contributed by atoms with Crippen molar-refractivity contribution in [1.29, 1.82) is 0 Å². The summed E-state index contributed by atoms with van der Waals surface area (Å²) in [7, 11) is 0. The van der Waals surface area contributed by atoms with Crippen molar-refractivity contribution in [3.8, 4) is 0 Å². The van der Waals surface area contributed by atoms with E-state index in [1.54, 1.807) is 17.4 Å². The van der Waals surface area contributed by atoms with Crippen LogP contribution >= 0.6 is 43.2 Å². The van der Waals surface area contributed by atoms with Crippen molar-refractivity contribution < 1.29 is 20.1 Å². The van der Waals surface area contributed by atoms with E-state index in [1.165, 1.54) is 0 Å². The van der Waals surface area contributed by atoms with Gasteiger partial charge in [-0.15, -0.1) is 11.3 Å². The van der Waals surface area contributed by atoms with Crippen LogP contribution in [0.5, 0.6) is 0 Å². The third kappa shape index (κ3) is 8.26. The molecule has 162 valence electrons. The standard InChI is InChI=1S/C21H29Br2NO4S/c22-19-11-13(21(23)29-19)7-8-14(25)9-10-16-15(17(26)12-18(16)27)5-3-1-2-4-6-20(24)28/h1,3,9-11,14-18,25-27H,2,4-8,12H2,(H2,24,28)/b3-1-,10-9+/t14-,15+,16+,17-,18+/m0/s1. The van der Waals surface area contributed by atoms with Crippen LogP contribution in [0, 0.1) is 11.8 Å². The van der Waals surface area contributed by atoms with E-state index in [2.05, 4.69) is 31.9 Å². The molecule has 5 atom stereocenters. The van der Waals surface area contributed by atoms with Crippen molar-refractivity contribution >= 4 is 49.1 Å². The summed E-state index contributed by atoms with van der Waals surface area (Å²) in [4.78, 5) is 10.7. The van der Waals surface area contributed by atoms with Crippen molar-refractivity contribution in [2.45, 2.75) is 63.3 Å². The van der Waals surface area contributed by atoms with Crippen molar-refractivity contribution in [2.75, 3.05) is 0 Å². The normalized spacial score (nSPS) is 26.0. The summed E-state index contributed by atoms with van der Waals surface area (Å²) in [5.74, 6) is -0.560.